The van der Waals surface area contributed by atoms with E-state index in [1.54, 1.807) is 0 Å². The summed E-state index contributed by atoms with van der Waals surface area (Å²) in [6, 6.07) is 40.1. The van der Waals surface area contributed by atoms with Gasteiger partial charge in [0, 0.05) is 16.5 Å². The fourth-order valence-electron chi connectivity index (χ4n) is 5.47. The molecular formula is C32H23N. The summed E-state index contributed by atoms with van der Waals surface area (Å²) in [6.07, 6.45) is 1.04. The van der Waals surface area contributed by atoms with Gasteiger partial charge in [0.25, 0.3) is 0 Å². The molecule has 0 aliphatic heterocycles. The van der Waals surface area contributed by atoms with Crippen LogP contribution in [-0.4, -0.2) is 4.57 Å². The summed E-state index contributed by atoms with van der Waals surface area (Å²) in [4.78, 5) is 0. The SMILES string of the molecule is Cc1ccc2c(c1)-c1cc(-c3ccc4c(c3)c3ccccc3n4-c3ccccc3)ccc1C2. The molecule has 0 spiro atoms. The molecule has 7 rings (SSSR count). The van der Waals surface area contributed by atoms with Crippen LogP contribution in [0.25, 0.3) is 49.7 Å². The molecule has 156 valence electrons. The lowest BCUT2D eigenvalue weighted by atomic mass is 9.97. The van der Waals surface area contributed by atoms with Crippen LogP contribution in [0.2, 0.25) is 0 Å². The van der Waals surface area contributed by atoms with Gasteiger partial charge in [-0.05, 0) is 83.1 Å². The van der Waals surface area contributed by atoms with Crippen LogP contribution in [0.5, 0.6) is 0 Å². The first-order valence-electron chi connectivity index (χ1n) is 11.6. The summed E-state index contributed by atoms with van der Waals surface area (Å²) < 4.78 is 2.37. The zero-order chi connectivity index (χ0) is 21.9. The molecule has 33 heavy (non-hydrogen) atoms. The van der Waals surface area contributed by atoms with Gasteiger partial charge in [-0.3, -0.25) is 0 Å². The standard InChI is InChI=1S/C32H23N/c1-21-11-12-24-18-25-14-13-22(19-29(25)28(24)17-21)23-15-16-32-30(20-23)27-9-5-6-10-31(27)33(32)26-7-3-2-4-8-26/h2-17,19-20H,18H2,1H3. The van der Waals surface area contributed by atoms with Gasteiger partial charge >= 0.3 is 0 Å². The number of hydrogen-bond donors (Lipinski definition) is 0. The lowest BCUT2D eigenvalue weighted by molar-refractivity contribution is 1.18. The highest BCUT2D eigenvalue weighted by Crippen LogP contribution is 2.40. The molecule has 0 unspecified atom stereocenters. The monoisotopic (exact) mass is 421 g/mol. The molecule has 0 saturated carbocycles. The Bertz CT molecular complexity index is 1690. The van der Waals surface area contributed by atoms with Crippen LogP contribution < -0.4 is 0 Å². The van der Waals surface area contributed by atoms with Crippen molar-refractivity contribution in [3.63, 3.8) is 0 Å². The molecule has 6 aromatic rings. The van der Waals surface area contributed by atoms with Crippen molar-refractivity contribution in [1.82, 2.24) is 4.57 Å². The Morgan fingerprint density at radius 1 is 0.545 bits per heavy atom. The van der Waals surface area contributed by atoms with Crippen molar-refractivity contribution in [3.05, 3.63) is 126 Å². The van der Waals surface area contributed by atoms with Crippen molar-refractivity contribution in [3.8, 4) is 27.9 Å². The van der Waals surface area contributed by atoms with E-state index in [9.17, 15) is 0 Å². The summed E-state index contributed by atoms with van der Waals surface area (Å²) in [6.45, 7) is 2.18. The van der Waals surface area contributed by atoms with Crippen LogP contribution in [-0.2, 0) is 6.42 Å². The molecule has 0 atom stereocenters. The van der Waals surface area contributed by atoms with Gasteiger partial charge in [0.15, 0.2) is 0 Å². The van der Waals surface area contributed by atoms with E-state index in [2.05, 4.69) is 121 Å². The predicted octanol–water partition coefficient (Wildman–Crippen LogP) is 8.33. The second-order valence-corrected chi connectivity index (χ2v) is 9.13. The molecule has 0 fully saturated rings. The number of rotatable bonds is 2. The number of hydrogen-bond acceptors (Lipinski definition) is 0. The number of nitrogens with zero attached hydrogens (tertiary/aromatic N) is 1. The first-order chi connectivity index (χ1) is 16.3. The molecule has 0 radical (unpaired) electrons. The van der Waals surface area contributed by atoms with Crippen molar-refractivity contribution in [2.24, 2.45) is 0 Å². The maximum atomic E-state index is 2.39. The minimum atomic E-state index is 1.04. The van der Waals surface area contributed by atoms with E-state index < -0.39 is 0 Å². The predicted molar refractivity (Wildman–Crippen MR) is 139 cm³/mol. The fraction of sp³-hybridized carbons (Fsp3) is 0.0625. The molecule has 0 bridgehead atoms. The summed E-state index contributed by atoms with van der Waals surface area (Å²) in [5.41, 5.74) is 13.2. The van der Waals surface area contributed by atoms with Crippen LogP contribution in [0.1, 0.15) is 16.7 Å². The van der Waals surface area contributed by atoms with Gasteiger partial charge in [0.1, 0.15) is 0 Å². The summed E-state index contributed by atoms with van der Waals surface area (Å²) in [7, 11) is 0. The average Bonchev–Trinajstić information content (AvgIpc) is 3.39. The Labute approximate surface area is 193 Å². The van der Waals surface area contributed by atoms with Gasteiger partial charge in [-0.25, -0.2) is 0 Å². The van der Waals surface area contributed by atoms with Gasteiger partial charge in [0.2, 0.25) is 0 Å². The largest absolute Gasteiger partial charge is 0.309 e. The Balaban J connectivity index is 1.44. The van der Waals surface area contributed by atoms with Crippen LogP contribution in [0.3, 0.4) is 0 Å². The minimum Gasteiger partial charge on any atom is -0.309 e. The number of aryl methyl sites for hydroxylation is 1. The van der Waals surface area contributed by atoms with E-state index in [1.807, 2.05) is 0 Å². The van der Waals surface area contributed by atoms with E-state index in [4.69, 9.17) is 0 Å². The molecule has 1 nitrogen and oxygen atoms in total. The molecule has 0 saturated heterocycles. The maximum Gasteiger partial charge on any atom is 0.0541 e. The summed E-state index contributed by atoms with van der Waals surface area (Å²) in [5.74, 6) is 0. The first kappa shape index (κ1) is 18.5. The van der Waals surface area contributed by atoms with Gasteiger partial charge < -0.3 is 4.57 Å². The number of fused-ring (bicyclic) bond motifs is 6. The molecule has 1 heterocycles. The quantitative estimate of drug-likeness (QED) is 0.264. The lowest BCUT2D eigenvalue weighted by Gasteiger charge is -2.09. The molecule has 1 aliphatic carbocycles. The third-order valence-corrected chi connectivity index (χ3v) is 7.07. The highest BCUT2D eigenvalue weighted by molar-refractivity contribution is 6.10. The van der Waals surface area contributed by atoms with Crippen LogP contribution in [0.4, 0.5) is 0 Å². The lowest BCUT2D eigenvalue weighted by Crippen LogP contribution is -1.92. The average molecular weight is 422 g/mol. The molecule has 5 aromatic carbocycles. The van der Waals surface area contributed by atoms with Crippen LogP contribution in [0.15, 0.2) is 109 Å². The van der Waals surface area contributed by atoms with E-state index in [-0.39, 0.29) is 0 Å². The van der Waals surface area contributed by atoms with Gasteiger partial charge in [0.05, 0.1) is 11.0 Å². The molecular weight excluding hydrogens is 398 g/mol. The van der Waals surface area contributed by atoms with Crippen molar-refractivity contribution in [2.75, 3.05) is 0 Å². The maximum absolute atomic E-state index is 2.39. The second kappa shape index (κ2) is 6.95. The zero-order valence-electron chi connectivity index (χ0n) is 18.5. The van der Waals surface area contributed by atoms with Crippen molar-refractivity contribution in [1.29, 1.82) is 0 Å². The zero-order valence-corrected chi connectivity index (χ0v) is 18.5. The van der Waals surface area contributed by atoms with Gasteiger partial charge in [-0.1, -0.05) is 78.4 Å². The van der Waals surface area contributed by atoms with Gasteiger partial charge in [-0.15, -0.1) is 0 Å². The van der Waals surface area contributed by atoms with E-state index in [0.29, 0.717) is 0 Å². The third kappa shape index (κ3) is 2.79. The first-order valence-corrected chi connectivity index (χ1v) is 11.6. The molecule has 1 aliphatic rings. The Morgan fingerprint density at radius 2 is 1.21 bits per heavy atom. The van der Waals surface area contributed by atoms with Crippen molar-refractivity contribution < 1.29 is 0 Å². The van der Waals surface area contributed by atoms with Crippen LogP contribution >= 0.6 is 0 Å². The van der Waals surface area contributed by atoms with Gasteiger partial charge in [-0.2, -0.15) is 0 Å². The number of benzene rings is 5. The highest BCUT2D eigenvalue weighted by Gasteiger charge is 2.19. The summed E-state index contributed by atoms with van der Waals surface area (Å²) in [5, 5.41) is 2.59. The molecule has 0 N–H and O–H groups in total. The van der Waals surface area contributed by atoms with E-state index >= 15 is 0 Å². The minimum absolute atomic E-state index is 1.04. The topological polar surface area (TPSA) is 4.93 Å². The number of aromatic nitrogens is 1. The Hall–Kier alpha value is -4.10. The summed E-state index contributed by atoms with van der Waals surface area (Å²) >= 11 is 0. The fourth-order valence-corrected chi connectivity index (χ4v) is 5.47. The third-order valence-electron chi connectivity index (χ3n) is 7.07. The smallest absolute Gasteiger partial charge is 0.0541 e. The highest BCUT2D eigenvalue weighted by atomic mass is 15.0. The van der Waals surface area contributed by atoms with E-state index in [0.717, 1.165) is 6.42 Å². The molecule has 1 heteroatoms. The van der Waals surface area contributed by atoms with Crippen LogP contribution in [0, 0.1) is 6.92 Å². The Morgan fingerprint density at radius 3 is 2.09 bits per heavy atom. The van der Waals surface area contributed by atoms with E-state index in [1.165, 1.54) is 66.4 Å². The van der Waals surface area contributed by atoms with Crippen molar-refractivity contribution >= 4 is 21.8 Å². The normalized spacial score (nSPS) is 12.3. The van der Waals surface area contributed by atoms with Crippen molar-refractivity contribution in [2.45, 2.75) is 13.3 Å². The number of para-hydroxylation sites is 2. The molecule has 0 amide bonds. The second-order valence-electron chi connectivity index (χ2n) is 9.13. The molecule has 1 aromatic heterocycles. The Kier molecular flexibility index (Phi) is 3.89.